The van der Waals surface area contributed by atoms with Crippen LogP contribution in [0.3, 0.4) is 0 Å². The Morgan fingerprint density at radius 3 is 2.70 bits per heavy atom. The van der Waals surface area contributed by atoms with Crippen LogP contribution in [0.2, 0.25) is 0 Å². The van der Waals surface area contributed by atoms with E-state index in [2.05, 4.69) is 24.3 Å². The molecule has 1 atom stereocenters. The standard InChI is InChI=1S/C17H19NO2/c1-19-16-5-3-4-14(17(16)20-2)12-6-8-13-11(10-12)7-9-15(13)18/h3-6,8,10,15H,7,9,18H2,1-2H3. The topological polar surface area (TPSA) is 44.5 Å². The molecule has 2 N–H and O–H groups in total. The quantitative estimate of drug-likeness (QED) is 0.929. The molecular weight excluding hydrogens is 250 g/mol. The van der Waals surface area contributed by atoms with E-state index in [0.717, 1.165) is 35.5 Å². The lowest BCUT2D eigenvalue weighted by Gasteiger charge is -2.14. The number of aryl methyl sites for hydroxylation is 1. The number of nitrogens with two attached hydrogens (primary N) is 1. The van der Waals surface area contributed by atoms with Crippen LogP contribution in [-0.2, 0) is 6.42 Å². The summed E-state index contributed by atoms with van der Waals surface area (Å²) in [6.07, 6.45) is 2.09. The minimum absolute atomic E-state index is 0.186. The highest BCUT2D eigenvalue weighted by molar-refractivity contribution is 5.74. The Bertz CT molecular complexity index is 637. The Morgan fingerprint density at radius 2 is 1.95 bits per heavy atom. The van der Waals surface area contributed by atoms with Crippen molar-refractivity contribution in [2.45, 2.75) is 18.9 Å². The molecule has 0 amide bonds. The molecule has 0 fully saturated rings. The first kappa shape index (κ1) is 13.0. The summed E-state index contributed by atoms with van der Waals surface area (Å²) < 4.78 is 10.9. The van der Waals surface area contributed by atoms with E-state index in [9.17, 15) is 0 Å². The largest absolute Gasteiger partial charge is 0.493 e. The normalized spacial score (nSPS) is 16.9. The summed E-state index contributed by atoms with van der Waals surface area (Å²) in [7, 11) is 3.33. The highest BCUT2D eigenvalue weighted by Gasteiger charge is 2.20. The van der Waals surface area contributed by atoms with E-state index in [-0.39, 0.29) is 6.04 Å². The predicted octanol–water partition coefficient (Wildman–Crippen LogP) is 3.32. The first-order valence-corrected chi connectivity index (χ1v) is 6.84. The number of rotatable bonds is 3. The minimum atomic E-state index is 0.186. The first-order chi connectivity index (χ1) is 9.74. The van der Waals surface area contributed by atoms with Crippen LogP contribution < -0.4 is 15.2 Å². The van der Waals surface area contributed by atoms with Gasteiger partial charge in [0.2, 0.25) is 0 Å². The maximum atomic E-state index is 6.09. The number of hydrogen-bond donors (Lipinski definition) is 1. The van der Waals surface area contributed by atoms with Crippen molar-refractivity contribution in [3.63, 3.8) is 0 Å². The molecule has 3 rings (SSSR count). The second kappa shape index (κ2) is 5.17. The zero-order valence-corrected chi connectivity index (χ0v) is 11.8. The van der Waals surface area contributed by atoms with Crippen LogP contribution in [0.5, 0.6) is 11.5 Å². The zero-order chi connectivity index (χ0) is 14.1. The van der Waals surface area contributed by atoms with Crippen molar-refractivity contribution in [2.75, 3.05) is 14.2 Å². The van der Waals surface area contributed by atoms with Crippen LogP contribution in [0.4, 0.5) is 0 Å². The molecule has 0 bridgehead atoms. The lowest BCUT2D eigenvalue weighted by molar-refractivity contribution is 0.356. The Morgan fingerprint density at radius 1 is 1.10 bits per heavy atom. The van der Waals surface area contributed by atoms with Crippen molar-refractivity contribution < 1.29 is 9.47 Å². The molecule has 0 heterocycles. The summed E-state index contributed by atoms with van der Waals surface area (Å²) in [6.45, 7) is 0. The maximum absolute atomic E-state index is 6.09. The molecule has 2 aromatic carbocycles. The smallest absolute Gasteiger partial charge is 0.168 e. The van der Waals surface area contributed by atoms with Crippen LogP contribution in [-0.4, -0.2) is 14.2 Å². The Hall–Kier alpha value is -2.00. The summed E-state index contributed by atoms with van der Waals surface area (Å²) >= 11 is 0. The fourth-order valence-electron chi connectivity index (χ4n) is 2.93. The molecule has 0 aromatic heterocycles. The highest BCUT2D eigenvalue weighted by Crippen LogP contribution is 2.40. The van der Waals surface area contributed by atoms with Crippen LogP contribution in [0, 0.1) is 0 Å². The molecule has 2 aromatic rings. The van der Waals surface area contributed by atoms with Gasteiger partial charge in [0.1, 0.15) is 0 Å². The van der Waals surface area contributed by atoms with Crippen molar-refractivity contribution in [3.05, 3.63) is 47.5 Å². The Balaban J connectivity index is 2.10. The fraction of sp³-hybridized carbons (Fsp3) is 0.294. The molecule has 104 valence electrons. The molecule has 20 heavy (non-hydrogen) atoms. The molecule has 3 nitrogen and oxygen atoms in total. The van der Waals surface area contributed by atoms with Crippen molar-refractivity contribution in [3.8, 4) is 22.6 Å². The van der Waals surface area contributed by atoms with Crippen LogP contribution in [0.1, 0.15) is 23.6 Å². The van der Waals surface area contributed by atoms with Gasteiger partial charge in [-0.15, -0.1) is 0 Å². The number of methoxy groups -OCH3 is 2. The number of hydrogen-bond acceptors (Lipinski definition) is 3. The number of para-hydroxylation sites is 1. The maximum Gasteiger partial charge on any atom is 0.168 e. The van der Waals surface area contributed by atoms with Gasteiger partial charge in [-0.3, -0.25) is 0 Å². The molecule has 0 saturated carbocycles. The molecule has 0 spiro atoms. The summed E-state index contributed by atoms with van der Waals surface area (Å²) in [5.41, 5.74) is 10.9. The molecule has 0 aliphatic heterocycles. The van der Waals surface area contributed by atoms with Gasteiger partial charge >= 0.3 is 0 Å². The second-order valence-corrected chi connectivity index (χ2v) is 5.10. The van der Waals surface area contributed by atoms with Crippen LogP contribution >= 0.6 is 0 Å². The lowest BCUT2D eigenvalue weighted by atomic mass is 9.99. The summed E-state index contributed by atoms with van der Waals surface area (Å²) in [4.78, 5) is 0. The van der Waals surface area contributed by atoms with E-state index in [1.165, 1.54) is 11.1 Å². The molecule has 1 aliphatic carbocycles. The molecule has 0 radical (unpaired) electrons. The molecule has 1 aliphatic rings. The fourth-order valence-corrected chi connectivity index (χ4v) is 2.93. The summed E-state index contributed by atoms with van der Waals surface area (Å²) in [5, 5.41) is 0. The van der Waals surface area contributed by atoms with E-state index in [1.54, 1.807) is 14.2 Å². The van der Waals surface area contributed by atoms with Gasteiger partial charge < -0.3 is 15.2 Å². The average molecular weight is 269 g/mol. The van der Waals surface area contributed by atoms with Gasteiger partial charge in [-0.05, 0) is 35.6 Å². The first-order valence-electron chi connectivity index (χ1n) is 6.84. The summed E-state index contributed by atoms with van der Waals surface area (Å²) in [6, 6.07) is 12.6. The van der Waals surface area contributed by atoms with Crippen LogP contribution in [0.25, 0.3) is 11.1 Å². The van der Waals surface area contributed by atoms with Gasteiger partial charge in [0.05, 0.1) is 14.2 Å². The number of ether oxygens (including phenoxy) is 2. The van der Waals surface area contributed by atoms with Crippen molar-refractivity contribution >= 4 is 0 Å². The third kappa shape index (κ3) is 2.04. The Labute approximate surface area is 119 Å². The molecular formula is C17H19NO2. The van der Waals surface area contributed by atoms with Crippen molar-refractivity contribution in [1.29, 1.82) is 0 Å². The zero-order valence-electron chi connectivity index (χ0n) is 11.8. The molecule has 0 saturated heterocycles. The van der Waals surface area contributed by atoms with Gasteiger partial charge in [0, 0.05) is 11.6 Å². The predicted molar refractivity (Wildman–Crippen MR) is 80.2 cm³/mol. The van der Waals surface area contributed by atoms with E-state index in [4.69, 9.17) is 15.2 Å². The SMILES string of the molecule is COc1cccc(-c2ccc3c(c2)CCC3N)c1OC. The van der Waals surface area contributed by atoms with E-state index < -0.39 is 0 Å². The third-order valence-corrected chi connectivity index (χ3v) is 3.98. The van der Waals surface area contributed by atoms with Crippen molar-refractivity contribution in [1.82, 2.24) is 0 Å². The van der Waals surface area contributed by atoms with Gasteiger partial charge in [0.15, 0.2) is 11.5 Å². The number of fused-ring (bicyclic) bond motifs is 1. The van der Waals surface area contributed by atoms with Gasteiger partial charge in [-0.2, -0.15) is 0 Å². The average Bonchev–Trinajstić information content (AvgIpc) is 2.87. The van der Waals surface area contributed by atoms with Gasteiger partial charge in [-0.1, -0.05) is 30.3 Å². The monoisotopic (exact) mass is 269 g/mol. The Kier molecular flexibility index (Phi) is 3.36. The van der Waals surface area contributed by atoms with Crippen molar-refractivity contribution in [2.24, 2.45) is 5.73 Å². The highest BCUT2D eigenvalue weighted by atomic mass is 16.5. The summed E-state index contributed by atoms with van der Waals surface area (Å²) in [5.74, 6) is 1.53. The molecule has 1 unspecified atom stereocenters. The van der Waals surface area contributed by atoms with E-state index in [1.807, 2.05) is 12.1 Å². The van der Waals surface area contributed by atoms with Gasteiger partial charge in [-0.25, -0.2) is 0 Å². The molecule has 3 heteroatoms. The third-order valence-electron chi connectivity index (χ3n) is 3.98. The minimum Gasteiger partial charge on any atom is -0.493 e. The second-order valence-electron chi connectivity index (χ2n) is 5.10. The van der Waals surface area contributed by atoms with Crippen LogP contribution in [0.15, 0.2) is 36.4 Å². The number of benzene rings is 2. The van der Waals surface area contributed by atoms with Gasteiger partial charge in [0.25, 0.3) is 0 Å². The van der Waals surface area contributed by atoms with E-state index in [0.29, 0.717) is 0 Å². The lowest BCUT2D eigenvalue weighted by Crippen LogP contribution is -2.04. The van der Waals surface area contributed by atoms with E-state index >= 15 is 0 Å².